The molecular weight excluding hydrogens is 551 g/mol. The van der Waals surface area contributed by atoms with Crippen molar-refractivity contribution in [2.45, 2.75) is 33.0 Å². The molecule has 5 rings (SSSR count). The molecule has 1 N–H and O–H groups in total. The number of rotatable bonds is 10. The smallest absolute Gasteiger partial charge is 0.361 e. The molecule has 0 spiro atoms. The molecule has 5 nitrogen and oxygen atoms in total. The van der Waals surface area contributed by atoms with Gasteiger partial charge < -0.3 is 14.8 Å². The Kier molecular flexibility index (Phi) is 8.85. The third-order valence-corrected chi connectivity index (χ3v) is 7.53. The quantitative estimate of drug-likeness (QED) is 0.183. The van der Waals surface area contributed by atoms with Gasteiger partial charge in [-0.1, -0.05) is 74.5 Å². The maximum absolute atomic E-state index is 13.9. The Bertz CT molecular complexity index is 1720. The molecule has 8 heteroatoms. The molecule has 0 aliphatic rings. The van der Waals surface area contributed by atoms with Gasteiger partial charge in [-0.05, 0) is 64.6 Å². The van der Waals surface area contributed by atoms with E-state index >= 15 is 0 Å². The second kappa shape index (κ2) is 12.7. The molecular formula is C35H34F3N3O2. The Labute approximate surface area is 248 Å². The van der Waals surface area contributed by atoms with E-state index in [4.69, 9.17) is 0 Å². The number of para-hydroxylation sites is 1. The lowest BCUT2D eigenvalue weighted by Crippen LogP contribution is -2.44. The summed E-state index contributed by atoms with van der Waals surface area (Å²) in [5.41, 5.74) is 2.36. The average molecular weight is 586 g/mol. The standard InChI is InChI=1S/C35H34F3N3O2/c1-24(2)21-41(34(43)28-14-13-26-7-3-4-8-27(26)19-28)23-33(42)40(22-25-11-15-30(16-12-25)35(36,37)38)18-17-29-20-39-32-10-6-5-9-31(29)32/h3-16,19-20,24,39H,17-18,21-23H2,1-2H3. The predicted octanol–water partition coefficient (Wildman–Crippen LogP) is 7.71. The van der Waals surface area contributed by atoms with E-state index < -0.39 is 11.7 Å². The van der Waals surface area contributed by atoms with E-state index in [1.54, 1.807) is 15.9 Å². The molecule has 0 saturated heterocycles. The van der Waals surface area contributed by atoms with Crippen molar-refractivity contribution in [3.8, 4) is 0 Å². The molecule has 0 radical (unpaired) electrons. The van der Waals surface area contributed by atoms with Crippen LogP contribution in [0.2, 0.25) is 0 Å². The molecule has 0 unspecified atom stereocenters. The van der Waals surface area contributed by atoms with Crippen molar-refractivity contribution in [2.75, 3.05) is 19.6 Å². The van der Waals surface area contributed by atoms with Gasteiger partial charge in [0.2, 0.25) is 5.91 Å². The molecule has 0 saturated carbocycles. The lowest BCUT2D eigenvalue weighted by atomic mass is 10.1. The number of nitrogens with zero attached hydrogens (tertiary/aromatic N) is 2. The topological polar surface area (TPSA) is 56.4 Å². The van der Waals surface area contributed by atoms with Crippen LogP contribution in [0.3, 0.4) is 0 Å². The highest BCUT2D eigenvalue weighted by atomic mass is 19.4. The van der Waals surface area contributed by atoms with Gasteiger partial charge in [0.05, 0.1) is 5.56 Å². The Morgan fingerprint density at radius 1 is 0.837 bits per heavy atom. The van der Waals surface area contributed by atoms with Gasteiger partial charge in [0.15, 0.2) is 0 Å². The van der Waals surface area contributed by atoms with Crippen molar-refractivity contribution in [1.82, 2.24) is 14.8 Å². The summed E-state index contributed by atoms with van der Waals surface area (Å²) in [7, 11) is 0. The molecule has 222 valence electrons. The number of aromatic amines is 1. The normalized spacial score (nSPS) is 11.8. The zero-order valence-corrected chi connectivity index (χ0v) is 24.2. The third-order valence-electron chi connectivity index (χ3n) is 7.53. The number of fused-ring (bicyclic) bond motifs is 2. The van der Waals surface area contributed by atoms with Gasteiger partial charge in [-0.25, -0.2) is 0 Å². The lowest BCUT2D eigenvalue weighted by Gasteiger charge is -2.29. The van der Waals surface area contributed by atoms with Crippen LogP contribution in [0.1, 0.15) is 40.9 Å². The van der Waals surface area contributed by atoms with E-state index in [2.05, 4.69) is 4.98 Å². The summed E-state index contributed by atoms with van der Waals surface area (Å²) in [6, 6.07) is 26.1. The number of hydrogen-bond donors (Lipinski definition) is 1. The lowest BCUT2D eigenvalue weighted by molar-refractivity contribution is -0.137. The minimum atomic E-state index is -4.44. The fourth-order valence-corrected chi connectivity index (χ4v) is 5.33. The molecule has 5 aromatic rings. The highest BCUT2D eigenvalue weighted by Gasteiger charge is 2.30. The Morgan fingerprint density at radius 3 is 2.26 bits per heavy atom. The summed E-state index contributed by atoms with van der Waals surface area (Å²) < 4.78 is 39.5. The number of H-pyrrole nitrogens is 1. The van der Waals surface area contributed by atoms with Crippen LogP contribution >= 0.6 is 0 Å². The molecule has 0 atom stereocenters. The van der Waals surface area contributed by atoms with E-state index in [-0.39, 0.29) is 30.8 Å². The van der Waals surface area contributed by atoms with Crippen molar-refractivity contribution in [1.29, 1.82) is 0 Å². The number of hydrogen-bond acceptors (Lipinski definition) is 2. The molecule has 0 aliphatic heterocycles. The third kappa shape index (κ3) is 7.25. The molecule has 2 amide bonds. The number of carbonyl (C=O) groups is 2. The summed E-state index contributed by atoms with van der Waals surface area (Å²) in [6.45, 7) is 4.68. The van der Waals surface area contributed by atoms with Crippen molar-refractivity contribution in [3.63, 3.8) is 0 Å². The van der Waals surface area contributed by atoms with E-state index in [1.165, 1.54) is 12.1 Å². The number of amides is 2. The zero-order chi connectivity index (χ0) is 30.6. The van der Waals surface area contributed by atoms with Crippen LogP contribution < -0.4 is 0 Å². The first-order valence-electron chi connectivity index (χ1n) is 14.4. The number of nitrogens with one attached hydrogen (secondary N) is 1. The van der Waals surface area contributed by atoms with Crippen LogP contribution in [0.25, 0.3) is 21.7 Å². The first kappa shape index (κ1) is 29.9. The van der Waals surface area contributed by atoms with Gasteiger partial charge in [0.25, 0.3) is 5.91 Å². The fourth-order valence-electron chi connectivity index (χ4n) is 5.33. The Morgan fingerprint density at radius 2 is 1.53 bits per heavy atom. The molecule has 1 aromatic heterocycles. The zero-order valence-electron chi connectivity index (χ0n) is 24.2. The van der Waals surface area contributed by atoms with Crippen molar-refractivity contribution in [2.24, 2.45) is 5.92 Å². The van der Waals surface area contributed by atoms with Gasteiger partial charge in [-0.3, -0.25) is 9.59 Å². The predicted molar refractivity (Wildman–Crippen MR) is 164 cm³/mol. The first-order valence-corrected chi connectivity index (χ1v) is 14.4. The van der Waals surface area contributed by atoms with E-state index in [0.29, 0.717) is 30.6 Å². The van der Waals surface area contributed by atoms with Crippen LogP contribution in [0, 0.1) is 5.92 Å². The van der Waals surface area contributed by atoms with E-state index in [0.717, 1.165) is 39.4 Å². The Hall–Kier alpha value is -4.59. The maximum Gasteiger partial charge on any atom is 0.416 e. The number of halogens is 3. The SMILES string of the molecule is CC(C)CN(CC(=O)N(CCc1c[nH]c2ccccc12)Cc1ccc(C(F)(F)F)cc1)C(=O)c1ccc2ccccc2c1. The summed E-state index contributed by atoms with van der Waals surface area (Å²) in [6.07, 6.45) is -1.98. The maximum atomic E-state index is 13.9. The highest BCUT2D eigenvalue weighted by Crippen LogP contribution is 2.29. The van der Waals surface area contributed by atoms with E-state index in [1.807, 2.05) is 80.7 Å². The van der Waals surface area contributed by atoms with Crippen molar-refractivity contribution >= 4 is 33.5 Å². The van der Waals surface area contributed by atoms with Gasteiger partial charge in [0, 0.05) is 42.3 Å². The summed E-state index contributed by atoms with van der Waals surface area (Å²) in [5.74, 6) is -0.389. The van der Waals surface area contributed by atoms with E-state index in [9.17, 15) is 22.8 Å². The molecule has 0 bridgehead atoms. The second-order valence-corrected chi connectivity index (χ2v) is 11.3. The van der Waals surface area contributed by atoms with Crippen LogP contribution in [-0.2, 0) is 23.9 Å². The largest absolute Gasteiger partial charge is 0.416 e. The highest BCUT2D eigenvalue weighted by molar-refractivity contribution is 6.00. The van der Waals surface area contributed by atoms with Crippen molar-refractivity contribution < 1.29 is 22.8 Å². The number of carbonyl (C=O) groups excluding carboxylic acids is 2. The molecule has 43 heavy (non-hydrogen) atoms. The van der Waals surface area contributed by atoms with Crippen molar-refractivity contribution in [3.05, 3.63) is 119 Å². The summed E-state index contributed by atoms with van der Waals surface area (Å²) >= 11 is 0. The fraction of sp³-hybridized carbons (Fsp3) is 0.257. The van der Waals surface area contributed by atoms with Gasteiger partial charge >= 0.3 is 6.18 Å². The number of alkyl halides is 3. The first-order chi connectivity index (χ1) is 20.6. The van der Waals surface area contributed by atoms with Gasteiger partial charge in [-0.15, -0.1) is 0 Å². The van der Waals surface area contributed by atoms with Gasteiger partial charge in [-0.2, -0.15) is 13.2 Å². The van der Waals surface area contributed by atoms with Gasteiger partial charge in [0.1, 0.15) is 6.54 Å². The van der Waals surface area contributed by atoms with Crippen LogP contribution in [-0.4, -0.2) is 46.2 Å². The molecule has 4 aromatic carbocycles. The number of aromatic nitrogens is 1. The second-order valence-electron chi connectivity index (χ2n) is 11.3. The van der Waals surface area contributed by atoms with Crippen LogP contribution in [0.5, 0.6) is 0 Å². The monoisotopic (exact) mass is 585 g/mol. The summed E-state index contributed by atoms with van der Waals surface area (Å²) in [5, 5.41) is 3.01. The van der Waals surface area contributed by atoms with Crippen LogP contribution in [0.15, 0.2) is 97.2 Å². The molecule has 0 aliphatic carbocycles. The molecule has 0 fully saturated rings. The minimum absolute atomic E-state index is 0.117. The van der Waals surface area contributed by atoms with Crippen LogP contribution in [0.4, 0.5) is 13.2 Å². The summed E-state index contributed by atoms with van der Waals surface area (Å²) in [4.78, 5) is 34.0. The Balaban J connectivity index is 1.39. The minimum Gasteiger partial charge on any atom is -0.361 e. The average Bonchev–Trinajstić information content (AvgIpc) is 3.41. The number of benzene rings is 4. The molecule has 1 heterocycles.